The monoisotopic (exact) mass is 1070 g/mol. The Morgan fingerprint density at radius 1 is 0.354 bits per heavy atom. The second-order valence-corrected chi connectivity index (χ2v) is 20.0. The van der Waals surface area contributed by atoms with Crippen LogP contribution in [0.25, 0.3) is 66.8 Å². The van der Waals surface area contributed by atoms with Crippen LogP contribution in [0.4, 0.5) is 0 Å². The van der Waals surface area contributed by atoms with Gasteiger partial charge in [-0.1, -0.05) is 67.6 Å². The Morgan fingerprint density at radius 2 is 0.633 bits per heavy atom. The lowest BCUT2D eigenvalue weighted by Gasteiger charge is -2.22. The minimum atomic E-state index is -1.18. The Hall–Kier alpha value is -7.52. The summed E-state index contributed by atoms with van der Waals surface area (Å²) in [6.07, 6.45) is 0.935. The number of rotatable bonds is 27. The average molecular weight is 1080 g/mol. The van der Waals surface area contributed by atoms with Crippen molar-refractivity contribution in [1.29, 1.82) is 0 Å². The number of methoxy groups -OCH3 is 1. The van der Waals surface area contributed by atoms with Crippen molar-refractivity contribution in [3.05, 3.63) is 153 Å². The first-order valence-corrected chi connectivity index (χ1v) is 26.8. The highest BCUT2D eigenvalue weighted by Crippen LogP contribution is 2.46. The van der Waals surface area contributed by atoms with Gasteiger partial charge in [-0.3, -0.25) is 0 Å². The smallest absolute Gasteiger partial charge is 0.339 e. The van der Waals surface area contributed by atoms with Gasteiger partial charge in [-0.05, 0) is 198 Å². The van der Waals surface area contributed by atoms with Crippen molar-refractivity contribution in [3.63, 3.8) is 0 Å². The molecule has 0 bridgehead atoms. The molecule has 0 unspecified atom stereocenters. The third-order valence-electron chi connectivity index (χ3n) is 14.1. The molecule has 0 radical (unpaired) electrons. The predicted octanol–water partition coefficient (Wildman–Crippen LogP) is 13.8. The fourth-order valence-electron chi connectivity index (χ4n) is 9.96. The van der Waals surface area contributed by atoms with Crippen molar-refractivity contribution < 1.29 is 63.2 Å². The molecule has 0 aliphatic carbocycles. The number of ether oxygens (including phenoxy) is 7. The van der Waals surface area contributed by atoms with Crippen LogP contribution >= 0.6 is 0 Å². The molecule has 0 aliphatic rings. The van der Waals surface area contributed by atoms with E-state index in [4.69, 9.17) is 33.2 Å². The van der Waals surface area contributed by atoms with Crippen LogP contribution in [0, 0.1) is 55.4 Å². The second kappa shape index (κ2) is 27.4. The van der Waals surface area contributed by atoms with Gasteiger partial charge in [-0.25, -0.2) is 9.59 Å². The average Bonchev–Trinajstić information content (AvgIpc) is 3.46. The normalized spacial score (nSPS) is 11.3. The molecule has 0 saturated heterocycles. The van der Waals surface area contributed by atoms with Gasteiger partial charge < -0.3 is 53.6 Å². The first kappa shape index (κ1) is 59.1. The molecule has 79 heavy (non-hydrogen) atoms. The molecule has 7 aromatic rings. The van der Waals surface area contributed by atoms with E-state index in [1.165, 1.54) is 24.3 Å². The minimum Gasteiger partial charge on any atom is -0.507 e. The lowest BCUT2D eigenvalue weighted by atomic mass is 9.86. The Bertz CT molecular complexity index is 3320. The highest BCUT2D eigenvalue weighted by Gasteiger charge is 2.23. The van der Waals surface area contributed by atoms with Gasteiger partial charge in [0, 0.05) is 24.8 Å². The molecule has 0 atom stereocenters. The van der Waals surface area contributed by atoms with E-state index in [1.807, 2.05) is 13.8 Å². The number of aryl methyl sites for hydroxylation is 8. The van der Waals surface area contributed by atoms with Crippen LogP contribution < -0.4 is 9.47 Å². The van der Waals surface area contributed by atoms with Crippen LogP contribution in [0.3, 0.4) is 0 Å². The second-order valence-electron chi connectivity index (χ2n) is 20.0. The molecule has 7 rings (SSSR count). The lowest BCUT2D eigenvalue weighted by molar-refractivity contribution is 0.0180. The number of aromatic carboxylic acids is 2. The highest BCUT2D eigenvalue weighted by molar-refractivity contribution is 5.93. The standard InChI is InChI=1S/C66H74O13/c1-11-16-74-19-20-76-23-25-78-63-37-60(58-34-44(7)56(32-46(58)9)54-30-40(3)52(28-42(54)5)48-13-15-50(66(71)72)62(68)36-48)64(79-26-24-77-22-21-75-18-17-73-10)38-59(63)57-33-43(6)55(31-45(57)8)53-29-39(2)51(27-41(53)4)47-12-14-49(65(69)70)61(67)35-47/h12-15,27-38,67-68H,11,16-26H2,1-10H3,(H,69,70)(H,71,72). The number of carbonyl (C=O) groups is 2. The minimum absolute atomic E-state index is 0.145. The lowest BCUT2D eigenvalue weighted by Crippen LogP contribution is -2.13. The van der Waals surface area contributed by atoms with E-state index >= 15 is 0 Å². The van der Waals surface area contributed by atoms with E-state index in [-0.39, 0.29) is 35.8 Å². The van der Waals surface area contributed by atoms with E-state index in [0.29, 0.717) is 71.0 Å². The van der Waals surface area contributed by atoms with Crippen molar-refractivity contribution in [2.75, 3.05) is 79.8 Å². The Balaban J connectivity index is 1.29. The third-order valence-corrected chi connectivity index (χ3v) is 14.1. The van der Waals surface area contributed by atoms with Gasteiger partial charge >= 0.3 is 11.9 Å². The van der Waals surface area contributed by atoms with E-state index < -0.39 is 11.9 Å². The van der Waals surface area contributed by atoms with E-state index in [1.54, 1.807) is 19.2 Å². The van der Waals surface area contributed by atoms with Crippen LogP contribution in [-0.4, -0.2) is 112 Å². The van der Waals surface area contributed by atoms with Crippen molar-refractivity contribution in [3.8, 4) is 89.8 Å². The zero-order valence-corrected chi connectivity index (χ0v) is 47.2. The number of carboxylic acid groups (broad SMARTS) is 2. The van der Waals surface area contributed by atoms with Crippen molar-refractivity contribution in [2.45, 2.75) is 68.7 Å². The highest BCUT2D eigenvalue weighted by atomic mass is 16.6. The number of hydrogen-bond acceptors (Lipinski definition) is 11. The molecule has 0 heterocycles. The molecule has 416 valence electrons. The van der Waals surface area contributed by atoms with E-state index in [2.05, 4.69) is 109 Å². The molecule has 13 nitrogen and oxygen atoms in total. The Kier molecular flexibility index (Phi) is 20.5. The molecule has 0 saturated carbocycles. The molecule has 4 N–H and O–H groups in total. The predicted molar refractivity (Wildman–Crippen MR) is 311 cm³/mol. The zero-order chi connectivity index (χ0) is 56.9. The Labute approximate surface area is 464 Å². The zero-order valence-electron chi connectivity index (χ0n) is 47.2. The third kappa shape index (κ3) is 14.4. The molecule has 0 spiro atoms. The summed E-state index contributed by atoms with van der Waals surface area (Å²) in [6.45, 7) is 23.3. The van der Waals surface area contributed by atoms with Crippen LogP contribution in [0.2, 0.25) is 0 Å². The summed E-state index contributed by atoms with van der Waals surface area (Å²) in [5.41, 5.74) is 19.0. The summed E-state index contributed by atoms with van der Waals surface area (Å²) in [4.78, 5) is 23.3. The summed E-state index contributed by atoms with van der Waals surface area (Å²) in [7, 11) is 1.64. The van der Waals surface area contributed by atoms with Gasteiger partial charge in [-0.2, -0.15) is 0 Å². The largest absolute Gasteiger partial charge is 0.507 e. The molecular weight excluding hydrogens is 1000 g/mol. The van der Waals surface area contributed by atoms with Gasteiger partial charge in [0.2, 0.25) is 0 Å². The fourth-order valence-corrected chi connectivity index (χ4v) is 9.96. The van der Waals surface area contributed by atoms with Gasteiger partial charge in [0.25, 0.3) is 0 Å². The molecule has 0 aliphatic heterocycles. The van der Waals surface area contributed by atoms with Crippen molar-refractivity contribution in [2.24, 2.45) is 0 Å². The number of carboxylic acids is 2. The topological polar surface area (TPSA) is 180 Å². The summed E-state index contributed by atoms with van der Waals surface area (Å²) in [5.74, 6) is -1.62. The molecule has 13 heteroatoms. The van der Waals surface area contributed by atoms with Crippen molar-refractivity contribution >= 4 is 11.9 Å². The van der Waals surface area contributed by atoms with Gasteiger partial charge in [0.05, 0.1) is 52.9 Å². The summed E-state index contributed by atoms with van der Waals surface area (Å²) >= 11 is 0. The molecular formula is C66H74O13. The van der Waals surface area contributed by atoms with Crippen LogP contribution in [-0.2, 0) is 23.7 Å². The summed E-state index contributed by atoms with van der Waals surface area (Å²) in [6, 6.07) is 30.7. The first-order valence-electron chi connectivity index (χ1n) is 26.8. The SMILES string of the molecule is CCCOCCOCCOc1cc(-c2cc(C)c(-c3cc(C)c(-c4ccc(C(=O)O)c(O)c4)cc3C)cc2C)c(OCCOCCOCCOC)cc1-c1cc(C)c(-c2cc(C)c(-c3ccc(C(=O)O)c(O)c3)cc2C)cc1C. The van der Waals surface area contributed by atoms with Gasteiger partial charge in [0.1, 0.15) is 47.3 Å². The van der Waals surface area contributed by atoms with Crippen LogP contribution in [0.1, 0.15) is 78.6 Å². The number of phenols is 2. The molecule has 0 aromatic heterocycles. The summed E-state index contributed by atoms with van der Waals surface area (Å²) < 4.78 is 41.8. The van der Waals surface area contributed by atoms with Crippen molar-refractivity contribution in [1.82, 2.24) is 0 Å². The molecule has 0 amide bonds. The van der Waals surface area contributed by atoms with Crippen LogP contribution in [0.5, 0.6) is 23.0 Å². The molecule has 7 aromatic carbocycles. The first-order chi connectivity index (χ1) is 37.9. The van der Waals surface area contributed by atoms with E-state index in [9.17, 15) is 30.0 Å². The maximum absolute atomic E-state index is 11.6. The van der Waals surface area contributed by atoms with Gasteiger partial charge in [-0.15, -0.1) is 0 Å². The van der Waals surface area contributed by atoms with Crippen LogP contribution in [0.15, 0.2) is 97.1 Å². The maximum atomic E-state index is 11.6. The quantitative estimate of drug-likeness (QED) is 0.0358. The number of benzene rings is 7. The van der Waals surface area contributed by atoms with E-state index in [0.717, 1.165) is 118 Å². The molecule has 0 fully saturated rings. The Morgan fingerprint density at radius 3 is 0.937 bits per heavy atom. The number of aromatic hydroxyl groups is 2. The maximum Gasteiger partial charge on any atom is 0.339 e. The summed E-state index contributed by atoms with van der Waals surface area (Å²) in [5, 5.41) is 40.1. The van der Waals surface area contributed by atoms with Gasteiger partial charge in [0.15, 0.2) is 0 Å². The number of hydrogen-bond donors (Lipinski definition) is 4. The fraction of sp³-hybridized carbons (Fsp3) is 0.333.